The lowest BCUT2D eigenvalue weighted by Crippen LogP contribution is -2.21. The van der Waals surface area contributed by atoms with Gasteiger partial charge in [0.25, 0.3) is 5.91 Å². The summed E-state index contributed by atoms with van der Waals surface area (Å²) in [7, 11) is 0. The predicted octanol–water partition coefficient (Wildman–Crippen LogP) is 5.44. The van der Waals surface area contributed by atoms with Gasteiger partial charge in [-0.25, -0.2) is 9.78 Å². The molecule has 1 aliphatic carbocycles. The minimum absolute atomic E-state index is 0.0689. The Balaban J connectivity index is 1.55. The summed E-state index contributed by atoms with van der Waals surface area (Å²) in [6.07, 6.45) is 5.39. The monoisotopic (exact) mass is 481 g/mol. The Hall–Kier alpha value is -4.26. The average molecular weight is 482 g/mol. The summed E-state index contributed by atoms with van der Waals surface area (Å²) in [5.74, 6) is -0.305. The fraction of sp³-hybridized carbons (Fsp3) is 0.241. The number of anilines is 1. The van der Waals surface area contributed by atoms with Gasteiger partial charge in [-0.3, -0.25) is 9.59 Å². The van der Waals surface area contributed by atoms with Crippen molar-refractivity contribution in [3.8, 4) is 11.1 Å². The molecule has 5 rings (SSSR count). The molecule has 0 aliphatic heterocycles. The van der Waals surface area contributed by atoms with Gasteiger partial charge < -0.3 is 14.6 Å². The molecule has 0 spiro atoms. The fourth-order valence-corrected chi connectivity index (χ4v) is 4.55. The van der Waals surface area contributed by atoms with Crippen LogP contribution in [0.4, 0.5) is 5.82 Å². The van der Waals surface area contributed by atoms with Crippen molar-refractivity contribution < 1.29 is 14.3 Å². The van der Waals surface area contributed by atoms with Crippen molar-refractivity contribution in [1.29, 1.82) is 0 Å². The number of carbonyl (C=O) groups excluding carboxylic acids is 2. The molecule has 0 saturated heterocycles. The highest BCUT2D eigenvalue weighted by molar-refractivity contribution is 6.04. The van der Waals surface area contributed by atoms with Gasteiger partial charge in [0.2, 0.25) is 5.43 Å². The fourth-order valence-electron chi connectivity index (χ4n) is 4.55. The summed E-state index contributed by atoms with van der Waals surface area (Å²) in [6.45, 7) is 5.83. The Labute approximate surface area is 208 Å². The molecule has 2 aromatic carbocycles. The molecule has 7 heteroatoms. The normalized spacial score (nSPS) is 13.0. The number of benzene rings is 2. The topological polar surface area (TPSA) is 90.3 Å². The van der Waals surface area contributed by atoms with Crippen molar-refractivity contribution in [1.82, 2.24) is 9.55 Å². The SMILES string of the molecule is CCOC(=O)c1cn(C2CC2)c2c(C)c(-c3cnc(NC(=O)c4ccccc4)c(C)c3)ccc2c1=O. The quantitative estimate of drug-likeness (QED) is 0.370. The van der Waals surface area contributed by atoms with Gasteiger partial charge in [-0.15, -0.1) is 0 Å². The summed E-state index contributed by atoms with van der Waals surface area (Å²) in [4.78, 5) is 42.7. The second kappa shape index (κ2) is 9.41. The van der Waals surface area contributed by atoms with E-state index in [1.807, 2.05) is 44.2 Å². The summed E-state index contributed by atoms with van der Waals surface area (Å²) in [6, 6.07) is 14.9. The second-order valence-corrected chi connectivity index (χ2v) is 9.07. The van der Waals surface area contributed by atoms with Crippen LogP contribution in [0.3, 0.4) is 0 Å². The Bertz CT molecular complexity index is 1550. The number of hydrogen-bond acceptors (Lipinski definition) is 5. The highest BCUT2D eigenvalue weighted by Gasteiger charge is 2.28. The molecular weight excluding hydrogens is 454 g/mol. The number of aryl methyl sites for hydroxylation is 2. The Morgan fingerprint density at radius 3 is 2.53 bits per heavy atom. The smallest absolute Gasteiger partial charge is 0.343 e. The van der Waals surface area contributed by atoms with E-state index in [1.165, 1.54) is 0 Å². The molecule has 1 fully saturated rings. The number of carbonyl (C=O) groups is 2. The number of pyridine rings is 2. The van der Waals surface area contributed by atoms with Crippen molar-refractivity contribution in [2.45, 2.75) is 39.7 Å². The molecule has 0 atom stereocenters. The standard InChI is InChI=1S/C29H27N3O4/c1-4-36-29(35)24-16-32(21-10-11-21)25-18(3)22(12-13-23(25)26(24)33)20-14-17(2)27(30-15-20)31-28(34)19-8-6-5-7-9-19/h5-9,12-16,21H,4,10-11H2,1-3H3,(H,30,31,34). The number of fused-ring (bicyclic) bond motifs is 1. The molecule has 36 heavy (non-hydrogen) atoms. The zero-order valence-electron chi connectivity index (χ0n) is 20.5. The van der Waals surface area contributed by atoms with Gasteiger partial charge in [0.1, 0.15) is 11.4 Å². The van der Waals surface area contributed by atoms with E-state index in [2.05, 4.69) is 14.9 Å². The third kappa shape index (κ3) is 4.28. The van der Waals surface area contributed by atoms with Gasteiger partial charge >= 0.3 is 5.97 Å². The first-order valence-electron chi connectivity index (χ1n) is 12.1. The lowest BCUT2D eigenvalue weighted by atomic mass is 9.96. The van der Waals surface area contributed by atoms with Crippen molar-refractivity contribution in [2.75, 3.05) is 11.9 Å². The number of rotatable bonds is 6. The summed E-state index contributed by atoms with van der Waals surface area (Å²) in [5.41, 5.74) is 4.73. The van der Waals surface area contributed by atoms with E-state index >= 15 is 0 Å². The Kier molecular flexibility index (Phi) is 6.14. The first-order chi connectivity index (χ1) is 17.4. The van der Waals surface area contributed by atoms with Gasteiger partial charge in [0.05, 0.1) is 12.1 Å². The molecule has 1 aliphatic rings. The molecule has 7 nitrogen and oxygen atoms in total. The van der Waals surface area contributed by atoms with Crippen LogP contribution in [0.1, 0.15) is 57.7 Å². The Morgan fingerprint density at radius 1 is 1.11 bits per heavy atom. The van der Waals surface area contributed by atoms with Crippen LogP contribution in [-0.4, -0.2) is 28.0 Å². The molecular formula is C29H27N3O4. The number of amides is 1. The van der Waals surface area contributed by atoms with Crippen molar-refractivity contribution in [3.63, 3.8) is 0 Å². The molecule has 0 bridgehead atoms. The molecule has 1 N–H and O–H groups in total. The summed E-state index contributed by atoms with van der Waals surface area (Å²) in [5, 5.41) is 3.38. The van der Waals surface area contributed by atoms with E-state index in [-0.39, 0.29) is 29.5 Å². The lowest BCUT2D eigenvalue weighted by molar-refractivity contribution is 0.0524. The number of nitrogens with zero attached hydrogens (tertiary/aromatic N) is 2. The second-order valence-electron chi connectivity index (χ2n) is 9.07. The van der Waals surface area contributed by atoms with E-state index in [0.29, 0.717) is 16.8 Å². The molecule has 1 amide bonds. The maximum Gasteiger partial charge on any atom is 0.343 e. The van der Waals surface area contributed by atoms with Crippen LogP contribution in [0.5, 0.6) is 0 Å². The first kappa shape index (κ1) is 23.5. The van der Waals surface area contributed by atoms with E-state index in [0.717, 1.165) is 40.6 Å². The number of hydrogen-bond donors (Lipinski definition) is 1. The van der Waals surface area contributed by atoms with Crippen molar-refractivity contribution in [3.05, 3.63) is 93.4 Å². The molecule has 0 radical (unpaired) electrons. The van der Waals surface area contributed by atoms with Crippen LogP contribution in [0.15, 0.2) is 65.7 Å². The molecule has 4 aromatic rings. The molecule has 182 valence electrons. The minimum Gasteiger partial charge on any atom is -0.462 e. The summed E-state index contributed by atoms with van der Waals surface area (Å²) >= 11 is 0. The lowest BCUT2D eigenvalue weighted by Gasteiger charge is -2.17. The van der Waals surface area contributed by atoms with Gasteiger partial charge in [0, 0.05) is 34.9 Å². The maximum atomic E-state index is 13.2. The van der Waals surface area contributed by atoms with Crippen LogP contribution in [0, 0.1) is 13.8 Å². The zero-order chi connectivity index (χ0) is 25.4. The van der Waals surface area contributed by atoms with E-state index < -0.39 is 5.97 Å². The van der Waals surface area contributed by atoms with Crippen LogP contribution in [-0.2, 0) is 4.74 Å². The number of aromatic nitrogens is 2. The average Bonchev–Trinajstić information content (AvgIpc) is 3.72. The van der Waals surface area contributed by atoms with E-state index in [4.69, 9.17) is 4.74 Å². The molecule has 2 aromatic heterocycles. The van der Waals surface area contributed by atoms with Gasteiger partial charge in [0.15, 0.2) is 0 Å². The minimum atomic E-state index is -0.589. The molecule has 1 saturated carbocycles. The van der Waals surface area contributed by atoms with Crippen LogP contribution < -0.4 is 10.7 Å². The highest BCUT2D eigenvalue weighted by atomic mass is 16.5. The number of nitrogens with one attached hydrogen (secondary N) is 1. The van der Waals surface area contributed by atoms with Crippen LogP contribution in [0.2, 0.25) is 0 Å². The van der Waals surface area contributed by atoms with Gasteiger partial charge in [-0.05, 0) is 74.6 Å². The van der Waals surface area contributed by atoms with Crippen LogP contribution in [0.25, 0.3) is 22.0 Å². The molecule has 2 heterocycles. The van der Waals surface area contributed by atoms with E-state index in [1.54, 1.807) is 37.5 Å². The number of ether oxygens (including phenoxy) is 1. The van der Waals surface area contributed by atoms with Gasteiger partial charge in [-0.2, -0.15) is 0 Å². The number of esters is 1. The van der Waals surface area contributed by atoms with Crippen LogP contribution >= 0.6 is 0 Å². The van der Waals surface area contributed by atoms with Crippen molar-refractivity contribution in [2.24, 2.45) is 0 Å². The third-order valence-electron chi connectivity index (χ3n) is 6.54. The van der Waals surface area contributed by atoms with Crippen molar-refractivity contribution >= 4 is 28.6 Å². The maximum absolute atomic E-state index is 13.2. The molecule has 0 unspecified atom stereocenters. The van der Waals surface area contributed by atoms with Gasteiger partial charge in [-0.1, -0.05) is 24.3 Å². The third-order valence-corrected chi connectivity index (χ3v) is 6.54. The summed E-state index contributed by atoms with van der Waals surface area (Å²) < 4.78 is 7.18. The Morgan fingerprint density at radius 2 is 1.86 bits per heavy atom. The first-order valence-corrected chi connectivity index (χ1v) is 12.1. The predicted molar refractivity (Wildman–Crippen MR) is 140 cm³/mol. The van der Waals surface area contributed by atoms with E-state index in [9.17, 15) is 14.4 Å². The largest absolute Gasteiger partial charge is 0.462 e. The highest BCUT2D eigenvalue weighted by Crippen LogP contribution is 2.39. The zero-order valence-corrected chi connectivity index (χ0v) is 20.5.